The van der Waals surface area contributed by atoms with Crippen LogP contribution < -0.4 is 9.64 Å². The zero-order chi connectivity index (χ0) is 24.0. The van der Waals surface area contributed by atoms with Gasteiger partial charge in [0.25, 0.3) is 0 Å². The van der Waals surface area contributed by atoms with Gasteiger partial charge in [-0.05, 0) is 53.5 Å². The van der Waals surface area contributed by atoms with Crippen LogP contribution in [0.4, 0.5) is 14.7 Å². The van der Waals surface area contributed by atoms with E-state index in [0.29, 0.717) is 30.4 Å². The van der Waals surface area contributed by atoms with Crippen LogP contribution in [0.3, 0.4) is 0 Å². The fourth-order valence-electron chi connectivity index (χ4n) is 5.03. The normalized spacial score (nSPS) is 24.6. The van der Waals surface area contributed by atoms with Crippen LogP contribution >= 0.6 is 0 Å². The molecule has 0 bridgehead atoms. The van der Waals surface area contributed by atoms with Crippen molar-refractivity contribution in [3.63, 3.8) is 0 Å². The third-order valence-corrected chi connectivity index (χ3v) is 8.45. The van der Waals surface area contributed by atoms with Crippen molar-refractivity contribution in [2.24, 2.45) is 17.8 Å². The molecular formula is C24H28F2N4O3S. The number of sulfonamides is 1. The predicted molar refractivity (Wildman–Crippen MR) is 125 cm³/mol. The van der Waals surface area contributed by atoms with Gasteiger partial charge >= 0.3 is 0 Å². The van der Waals surface area contributed by atoms with Crippen molar-refractivity contribution in [1.82, 2.24) is 14.3 Å². The number of fused-ring (bicyclic) bond motifs is 1. The van der Waals surface area contributed by atoms with Gasteiger partial charge in [-0.25, -0.2) is 27.2 Å². The first-order valence-electron chi connectivity index (χ1n) is 11.6. The molecular weight excluding hydrogens is 462 g/mol. The molecule has 1 aliphatic carbocycles. The smallest absolute Gasteiger partial charge is 0.225 e. The second-order valence-electron chi connectivity index (χ2n) is 9.32. The molecule has 3 heterocycles. The number of aromatic nitrogens is 2. The molecule has 0 radical (unpaired) electrons. The molecule has 3 atom stereocenters. The lowest BCUT2D eigenvalue weighted by atomic mass is 10.00. The molecule has 10 heteroatoms. The van der Waals surface area contributed by atoms with Gasteiger partial charge in [-0.15, -0.1) is 0 Å². The van der Waals surface area contributed by atoms with Crippen LogP contribution in [0.25, 0.3) is 5.57 Å². The van der Waals surface area contributed by atoms with E-state index in [1.165, 1.54) is 16.4 Å². The number of ether oxygens (including phenoxy) is 1. The van der Waals surface area contributed by atoms with Crippen LogP contribution in [0, 0.1) is 29.4 Å². The molecule has 0 spiro atoms. The number of aryl methyl sites for hydroxylation is 1. The van der Waals surface area contributed by atoms with Gasteiger partial charge in [-0.2, -0.15) is 4.31 Å². The largest absolute Gasteiger partial charge is 0.487 e. The highest BCUT2D eigenvalue weighted by Crippen LogP contribution is 2.52. The first-order chi connectivity index (χ1) is 16.2. The standard InChI is InChI=1S/C24H28F2N4O3S/c1-3-15-10-27-24(28-11-15)29-12-18-19(13-29)20(18)14-33-23-21(25)8-17(9-22(23)26)16-4-6-30(7-5-16)34(2,31)32/h4,8-11,18-20H,3,5-7,12-14H2,1-2H3/t18-,19?,20?/m1/s1. The number of anilines is 1. The van der Waals surface area contributed by atoms with Crippen LogP contribution in [-0.2, 0) is 16.4 Å². The van der Waals surface area contributed by atoms with E-state index in [4.69, 9.17) is 4.74 Å². The fraction of sp³-hybridized carbons (Fsp3) is 0.500. The monoisotopic (exact) mass is 490 g/mol. The average molecular weight is 491 g/mol. The van der Waals surface area contributed by atoms with E-state index in [0.717, 1.165) is 42.9 Å². The molecule has 1 aromatic carbocycles. The molecule has 182 valence electrons. The fourth-order valence-corrected chi connectivity index (χ4v) is 5.80. The van der Waals surface area contributed by atoms with Gasteiger partial charge in [0.05, 0.1) is 12.9 Å². The lowest BCUT2D eigenvalue weighted by Crippen LogP contribution is -2.33. The summed E-state index contributed by atoms with van der Waals surface area (Å²) >= 11 is 0. The molecule has 0 N–H and O–H groups in total. The summed E-state index contributed by atoms with van der Waals surface area (Å²) in [5.41, 5.74) is 2.25. The number of benzene rings is 1. The lowest BCUT2D eigenvalue weighted by Gasteiger charge is -2.24. The minimum absolute atomic E-state index is 0.199. The van der Waals surface area contributed by atoms with E-state index in [9.17, 15) is 17.2 Å². The zero-order valence-electron chi connectivity index (χ0n) is 19.2. The molecule has 2 unspecified atom stereocenters. The Balaban J connectivity index is 1.17. The summed E-state index contributed by atoms with van der Waals surface area (Å²) in [4.78, 5) is 11.0. The van der Waals surface area contributed by atoms with Gasteiger partial charge < -0.3 is 9.64 Å². The third kappa shape index (κ3) is 4.53. The summed E-state index contributed by atoms with van der Waals surface area (Å²) in [5.74, 6) is 0.0194. The van der Waals surface area contributed by atoms with E-state index in [-0.39, 0.29) is 24.8 Å². The Morgan fingerprint density at radius 1 is 1.12 bits per heavy atom. The van der Waals surface area contributed by atoms with Crippen molar-refractivity contribution in [2.75, 3.05) is 43.9 Å². The Hall–Kier alpha value is -2.59. The molecule has 2 fully saturated rings. The summed E-state index contributed by atoms with van der Waals surface area (Å²) in [5, 5.41) is 0. The van der Waals surface area contributed by atoms with Crippen molar-refractivity contribution in [3.05, 3.63) is 53.4 Å². The molecule has 2 aromatic rings. The van der Waals surface area contributed by atoms with E-state index in [1.807, 2.05) is 12.4 Å². The Bertz CT molecular complexity index is 1180. The molecule has 1 saturated heterocycles. The Kier molecular flexibility index (Phi) is 6.05. The summed E-state index contributed by atoms with van der Waals surface area (Å²) in [6.07, 6.45) is 7.87. The highest BCUT2D eigenvalue weighted by Gasteiger charge is 2.56. The SMILES string of the molecule is CCc1cnc(N2CC3C(COc4c(F)cc(C5=CCN(S(C)(=O)=O)CC5)cc4F)[C@@H]3C2)nc1. The number of halogens is 2. The highest BCUT2D eigenvalue weighted by molar-refractivity contribution is 7.88. The maximum atomic E-state index is 14.7. The summed E-state index contributed by atoms with van der Waals surface area (Å²) in [7, 11) is -3.28. The minimum atomic E-state index is -3.28. The van der Waals surface area contributed by atoms with E-state index >= 15 is 0 Å². The first kappa shape index (κ1) is 23.2. The second kappa shape index (κ2) is 8.88. The molecule has 5 rings (SSSR count). The van der Waals surface area contributed by atoms with Crippen LogP contribution in [0.5, 0.6) is 5.75 Å². The predicted octanol–water partition coefficient (Wildman–Crippen LogP) is 3.13. The van der Waals surface area contributed by atoms with Gasteiger partial charge in [0, 0.05) is 44.5 Å². The molecule has 1 saturated carbocycles. The number of hydrogen-bond donors (Lipinski definition) is 0. The van der Waals surface area contributed by atoms with Gasteiger partial charge in [0.2, 0.25) is 16.0 Å². The third-order valence-electron chi connectivity index (χ3n) is 7.18. The highest BCUT2D eigenvalue weighted by atomic mass is 32.2. The minimum Gasteiger partial charge on any atom is -0.487 e. The molecule has 3 aliphatic rings. The summed E-state index contributed by atoms with van der Waals surface area (Å²) < 4.78 is 59.7. The molecule has 0 amide bonds. The van der Waals surface area contributed by atoms with Crippen molar-refractivity contribution < 1.29 is 21.9 Å². The quantitative estimate of drug-likeness (QED) is 0.594. The molecule has 34 heavy (non-hydrogen) atoms. The van der Waals surface area contributed by atoms with Crippen LogP contribution in [0.2, 0.25) is 0 Å². The maximum absolute atomic E-state index is 14.7. The number of nitrogens with zero attached hydrogens (tertiary/aromatic N) is 4. The Morgan fingerprint density at radius 3 is 2.29 bits per heavy atom. The van der Waals surface area contributed by atoms with Crippen LogP contribution in [0.15, 0.2) is 30.6 Å². The maximum Gasteiger partial charge on any atom is 0.225 e. The van der Waals surface area contributed by atoms with Crippen molar-refractivity contribution in [1.29, 1.82) is 0 Å². The van der Waals surface area contributed by atoms with Crippen LogP contribution in [0.1, 0.15) is 24.5 Å². The van der Waals surface area contributed by atoms with E-state index in [1.54, 1.807) is 6.08 Å². The molecule has 2 aliphatic heterocycles. The van der Waals surface area contributed by atoms with Gasteiger partial charge in [-0.1, -0.05) is 13.0 Å². The number of piperidine rings is 1. The topological polar surface area (TPSA) is 75.6 Å². The van der Waals surface area contributed by atoms with Crippen molar-refractivity contribution >= 4 is 21.5 Å². The van der Waals surface area contributed by atoms with Crippen molar-refractivity contribution in [2.45, 2.75) is 19.8 Å². The summed E-state index contributed by atoms with van der Waals surface area (Å²) in [6, 6.07) is 2.54. The average Bonchev–Trinajstić information content (AvgIpc) is 3.26. The van der Waals surface area contributed by atoms with E-state index < -0.39 is 21.7 Å². The zero-order valence-corrected chi connectivity index (χ0v) is 20.1. The van der Waals surface area contributed by atoms with Gasteiger partial charge in [0.1, 0.15) is 0 Å². The Labute approximate surface area is 198 Å². The van der Waals surface area contributed by atoms with Gasteiger partial charge in [0.15, 0.2) is 17.4 Å². The number of hydrogen-bond acceptors (Lipinski definition) is 6. The van der Waals surface area contributed by atoms with Gasteiger partial charge in [-0.3, -0.25) is 0 Å². The lowest BCUT2D eigenvalue weighted by molar-refractivity contribution is 0.257. The van der Waals surface area contributed by atoms with Crippen molar-refractivity contribution in [3.8, 4) is 5.75 Å². The first-order valence-corrected chi connectivity index (χ1v) is 13.4. The van der Waals surface area contributed by atoms with Crippen LogP contribution in [-0.4, -0.2) is 61.7 Å². The number of rotatable bonds is 7. The molecule has 1 aromatic heterocycles. The Morgan fingerprint density at radius 2 is 1.76 bits per heavy atom. The second-order valence-corrected chi connectivity index (χ2v) is 11.3. The van der Waals surface area contributed by atoms with E-state index in [2.05, 4.69) is 21.8 Å². The molecule has 7 nitrogen and oxygen atoms in total. The summed E-state index contributed by atoms with van der Waals surface area (Å²) in [6.45, 7) is 4.48.